The van der Waals surface area contributed by atoms with Gasteiger partial charge in [-0.05, 0) is 24.6 Å². The van der Waals surface area contributed by atoms with Crippen LogP contribution >= 0.6 is 0 Å². The van der Waals surface area contributed by atoms with Gasteiger partial charge in [0.1, 0.15) is 11.4 Å². The van der Waals surface area contributed by atoms with E-state index in [1.165, 1.54) is 12.1 Å². The van der Waals surface area contributed by atoms with Crippen LogP contribution in [0.1, 0.15) is 5.56 Å². The minimum Gasteiger partial charge on any atom is -0.433 e. The number of anilines is 1. The highest BCUT2D eigenvalue weighted by Gasteiger charge is 2.31. The molecule has 2 amide bonds. The van der Waals surface area contributed by atoms with Gasteiger partial charge in [0.2, 0.25) is 0 Å². The van der Waals surface area contributed by atoms with Crippen LogP contribution in [0.5, 0.6) is 5.75 Å². The number of hydrogen-bond acceptors (Lipinski definition) is 5. The first-order chi connectivity index (χ1) is 10.4. The number of hydrogen-bond donors (Lipinski definition) is 2. The van der Waals surface area contributed by atoms with E-state index in [-0.39, 0.29) is 30.3 Å². The first kappa shape index (κ1) is 15.9. The number of amides is 2. The monoisotopic (exact) mass is 312 g/mol. The number of imide groups is 1. The zero-order valence-corrected chi connectivity index (χ0v) is 11.7. The third-order valence-corrected chi connectivity index (χ3v) is 2.95. The molecule has 1 heterocycles. The fourth-order valence-corrected chi connectivity index (χ4v) is 2.00. The largest absolute Gasteiger partial charge is 0.433 e. The van der Waals surface area contributed by atoms with Crippen molar-refractivity contribution < 1.29 is 28.2 Å². The molecule has 8 heteroatoms. The van der Waals surface area contributed by atoms with Crippen LogP contribution < -0.4 is 10.1 Å². The predicted molar refractivity (Wildman–Crippen MR) is 73.3 cm³/mol. The Labute approximate surface area is 125 Å². The van der Waals surface area contributed by atoms with E-state index in [2.05, 4.69) is 10.1 Å². The summed E-state index contributed by atoms with van der Waals surface area (Å²) in [6.07, 6.45) is 1.05. The van der Waals surface area contributed by atoms with Crippen molar-refractivity contribution in [2.24, 2.45) is 0 Å². The van der Waals surface area contributed by atoms with Crippen molar-refractivity contribution in [3.8, 4) is 5.75 Å². The second-order valence-electron chi connectivity index (χ2n) is 4.58. The summed E-state index contributed by atoms with van der Waals surface area (Å²) in [6, 6.07) is 4.44. The number of β-amino-alcohol motifs (C(OH)–C–C–N with tert-alkyl or cyclic N) is 1. The first-order valence-electron chi connectivity index (χ1n) is 6.43. The van der Waals surface area contributed by atoms with Gasteiger partial charge in [-0.1, -0.05) is 6.07 Å². The summed E-state index contributed by atoms with van der Waals surface area (Å²) in [4.78, 5) is 24.5. The highest BCUT2D eigenvalue weighted by molar-refractivity contribution is 6.17. The van der Waals surface area contributed by atoms with Gasteiger partial charge < -0.3 is 15.2 Å². The number of aliphatic hydroxyl groups is 1. The van der Waals surface area contributed by atoms with Gasteiger partial charge >= 0.3 is 6.61 Å². The molecule has 0 fully saturated rings. The summed E-state index contributed by atoms with van der Waals surface area (Å²) < 4.78 is 29.2. The van der Waals surface area contributed by atoms with Gasteiger partial charge in [0.25, 0.3) is 11.8 Å². The topological polar surface area (TPSA) is 78.9 Å². The van der Waals surface area contributed by atoms with Crippen molar-refractivity contribution in [1.29, 1.82) is 0 Å². The van der Waals surface area contributed by atoms with E-state index in [0.717, 1.165) is 16.5 Å². The summed E-state index contributed by atoms with van der Waals surface area (Å²) in [5, 5.41) is 11.5. The predicted octanol–water partition coefficient (Wildman–Crippen LogP) is 1.25. The lowest BCUT2D eigenvalue weighted by Crippen LogP contribution is -2.34. The lowest BCUT2D eigenvalue weighted by molar-refractivity contribution is -0.137. The SMILES string of the molecule is Cc1ccc(OC(F)F)c(NC2=CC(=O)N(CCO)C2=O)c1. The van der Waals surface area contributed by atoms with Crippen LogP contribution in [0.3, 0.4) is 0 Å². The van der Waals surface area contributed by atoms with Crippen LogP contribution in [0.15, 0.2) is 30.0 Å². The Bertz CT molecular complexity index is 631. The van der Waals surface area contributed by atoms with Gasteiger partial charge in [-0.2, -0.15) is 8.78 Å². The molecule has 0 radical (unpaired) electrons. The molecule has 0 spiro atoms. The molecule has 2 rings (SSSR count). The maximum absolute atomic E-state index is 12.4. The number of benzene rings is 1. The van der Waals surface area contributed by atoms with E-state index in [1.54, 1.807) is 13.0 Å². The average Bonchev–Trinajstić information content (AvgIpc) is 2.69. The minimum atomic E-state index is -3.01. The molecule has 0 aliphatic carbocycles. The molecule has 1 aliphatic rings. The summed E-state index contributed by atoms with van der Waals surface area (Å²) in [7, 11) is 0. The highest BCUT2D eigenvalue weighted by atomic mass is 19.3. The average molecular weight is 312 g/mol. The number of aliphatic hydroxyl groups excluding tert-OH is 1. The summed E-state index contributed by atoms with van der Waals surface area (Å²) in [5.74, 6) is -1.35. The zero-order chi connectivity index (χ0) is 16.3. The highest BCUT2D eigenvalue weighted by Crippen LogP contribution is 2.29. The number of ether oxygens (including phenoxy) is 1. The molecule has 0 saturated carbocycles. The van der Waals surface area contributed by atoms with Crippen molar-refractivity contribution in [3.63, 3.8) is 0 Å². The summed E-state index contributed by atoms with van der Waals surface area (Å²) in [5.41, 5.74) is 0.843. The van der Waals surface area contributed by atoms with Crippen molar-refractivity contribution in [1.82, 2.24) is 4.90 Å². The molecule has 0 atom stereocenters. The maximum atomic E-state index is 12.4. The van der Waals surface area contributed by atoms with Crippen LogP contribution in [0.25, 0.3) is 0 Å². The fraction of sp³-hybridized carbons (Fsp3) is 0.286. The maximum Gasteiger partial charge on any atom is 0.387 e. The number of carbonyl (C=O) groups is 2. The van der Waals surface area contributed by atoms with Crippen molar-refractivity contribution in [2.45, 2.75) is 13.5 Å². The van der Waals surface area contributed by atoms with Gasteiger partial charge in [-0.15, -0.1) is 0 Å². The summed E-state index contributed by atoms with van der Waals surface area (Å²) >= 11 is 0. The van der Waals surface area contributed by atoms with Crippen LogP contribution in [-0.2, 0) is 9.59 Å². The first-order valence-corrected chi connectivity index (χ1v) is 6.43. The Morgan fingerprint density at radius 2 is 2.09 bits per heavy atom. The molecule has 0 aromatic heterocycles. The van der Waals surface area contributed by atoms with Crippen LogP contribution in [-0.4, -0.2) is 41.6 Å². The third-order valence-electron chi connectivity index (χ3n) is 2.95. The number of halogens is 2. The van der Waals surface area contributed by atoms with Crippen LogP contribution in [0.2, 0.25) is 0 Å². The number of alkyl halides is 2. The van der Waals surface area contributed by atoms with Crippen molar-refractivity contribution in [3.05, 3.63) is 35.5 Å². The van der Waals surface area contributed by atoms with Crippen LogP contribution in [0, 0.1) is 6.92 Å². The van der Waals surface area contributed by atoms with E-state index in [9.17, 15) is 18.4 Å². The molecule has 118 valence electrons. The second kappa shape index (κ2) is 6.52. The molecule has 0 unspecified atom stereocenters. The van der Waals surface area contributed by atoms with E-state index in [4.69, 9.17) is 5.11 Å². The van der Waals surface area contributed by atoms with Gasteiger partial charge in [0, 0.05) is 6.08 Å². The van der Waals surface area contributed by atoms with E-state index in [1.807, 2.05) is 0 Å². The number of nitrogens with zero attached hydrogens (tertiary/aromatic N) is 1. The van der Waals surface area contributed by atoms with Crippen LogP contribution in [0.4, 0.5) is 14.5 Å². The number of aryl methyl sites for hydroxylation is 1. The molecule has 1 aliphatic heterocycles. The molecule has 1 aromatic carbocycles. The Morgan fingerprint density at radius 1 is 1.36 bits per heavy atom. The Morgan fingerprint density at radius 3 is 2.73 bits per heavy atom. The molecule has 22 heavy (non-hydrogen) atoms. The zero-order valence-electron chi connectivity index (χ0n) is 11.7. The standard InChI is InChI=1S/C14H14F2N2O4/c1-8-2-3-11(22-14(15)16)9(6-8)17-10-7-12(20)18(4-5-19)13(10)21/h2-3,6-7,14,17,19H,4-5H2,1H3. The lowest BCUT2D eigenvalue weighted by atomic mass is 10.2. The molecule has 2 N–H and O–H groups in total. The second-order valence-corrected chi connectivity index (χ2v) is 4.58. The molecule has 0 saturated heterocycles. The fourth-order valence-electron chi connectivity index (χ4n) is 2.00. The third kappa shape index (κ3) is 3.40. The van der Waals surface area contributed by atoms with E-state index >= 15 is 0 Å². The van der Waals surface area contributed by atoms with Gasteiger partial charge in [0.15, 0.2) is 0 Å². The van der Waals surface area contributed by atoms with Gasteiger partial charge in [-0.3, -0.25) is 14.5 Å². The van der Waals surface area contributed by atoms with Gasteiger partial charge in [-0.25, -0.2) is 0 Å². The van der Waals surface area contributed by atoms with E-state index in [0.29, 0.717) is 0 Å². The Hall–Kier alpha value is -2.48. The van der Waals surface area contributed by atoms with Gasteiger partial charge in [0.05, 0.1) is 18.8 Å². The number of nitrogens with one attached hydrogen (secondary N) is 1. The van der Waals surface area contributed by atoms with E-state index < -0.39 is 18.4 Å². The summed E-state index contributed by atoms with van der Waals surface area (Å²) in [6.45, 7) is -1.76. The molecular formula is C14H14F2N2O4. The molecular weight excluding hydrogens is 298 g/mol. The smallest absolute Gasteiger partial charge is 0.387 e. The minimum absolute atomic E-state index is 0.0665. The quantitative estimate of drug-likeness (QED) is 0.773. The molecule has 1 aromatic rings. The Balaban J connectivity index is 2.24. The number of rotatable bonds is 6. The Kier molecular flexibility index (Phi) is 4.71. The molecule has 0 bridgehead atoms. The lowest BCUT2D eigenvalue weighted by Gasteiger charge is -2.15. The number of carbonyl (C=O) groups excluding carboxylic acids is 2. The van der Waals surface area contributed by atoms with Crippen molar-refractivity contribution in [2.75, 3.05) is 18.5 Å². The molecule has 6 nitrogen and oxygen atoms in total. The normalized spacial score (nSPS) is 14.6. The van der Waals surface area contributed by atoms with Crippen molar-refractivity contribution >= 4 is 17.5 Å².